The van der Waals surface area contributed by atoms with E-state index >= 15 is 0 Å². The average molecular weight is 239 g/mol. The molecule has 3 unspecified atom stereocenters. The van der Waals surface area contributed by atoms with Crippen molar-refractivity contribution in [2.75, 3.05) is 7.11 Å². The van der Waals surface area contributed by atoms with Gasteiger partial charge in [0, 0.05) is 19.2 Å². The third kappa shape index (κ3) is 3.96. The predicted octanol–water partition coefficient (Wildman–Crippen LogP) is 3.50. The van der Waals surface area contributed by atoms with Crippen LogP contribution in [-0.2, 0) is 4.74 Å². The maximum absolute atomic E-state index is 5.51. The zero-order valence-electron chi connectivity index (χ0n) is 11.8. The second kappa shape index (κ2) is 5.71. The summed E-state index contributed by atoms with van der Waals surface area (Å²) >= 11 is 0. The number of methoxy groups -OCH3 is 1. The molecule has 2 fully saturated rings. The number of nitrogens with one attached hydrogen (secondary N) is 1. The molecule has 0 bridgehead atoms. The summed E-state index contributed by atoms with van der Waals surface area (Å²) in [5.41, 5.74) is 0.547. The van der Waals surface area contributed by atoms with Crippen LogP contribution in [0, 0.1) is 5.41 Å². The van der Waals surface area contributed by atoms with Gasteiger partial charge in [0.1, 0.15) is 0 Å². The van der Waals surface area contributed by atoms with Crippen LogP contribution >= 0.6 is 0 Å². The first-order chi connectivity index (χ1) is 8.09. The Labute approximate surface area is 107 Å². The van der Waals surface area contributed by atoms with Crippen molar-refractivity contribution in [2.45, 2.75) is 83.4 Å². The maximum atomic E-state index is 5.51. The smallest absolute Gasteiger partial charge is 0.0586 e. The van der Waals surface area contributed by atoms with Gasteiger partial charge in [-0.25, -0.2) is 0 Å². The molecule has 2 rings (SSSR count). The highest BCUT2D eigenvalue weighted by Gasteiger charge is 2.30. The fourth-order valence-corrected chi connectivity index (χ4v) is 3.68. The van der Waals surface area contributed by atoms with E-state index in [-0.39, 0.29) is 0 Å². The first-order valence-corrected chi connectivity index (χ1v) is 7.38. The van der Waals surface area contributed by atoms with Gasteiger partial charge in [0.2, 0.25) is 0 Å². The lowest BCUT2D eigenvalue weighted by molar-refractivity contribution is 0.0535. The molecule has 0 aromatic heterocycles. The van der Waals surface area contributed by atoms with E-state index < -0.39 is 0 Å². The van der Waals surface area contributed by atoms with Gasteiger partial charge in [0.05, 0.1) is 6.10 Å². The van der Waals surface area contributed by atoms with Crippen LogP contribution in [0.4, 0.5) is 0 Å². The molecule has 2 heteroatoms. The van der Waals surface area contributed by atoms with Gasteiger partial charge in [-0.05, 0) is 50.4 Å². The van der Waals surface area contributed by atoms with Gasteiger partial charge in [-0.15, -0.1) is 0 Å². The third-order valence-corrected chi connectivity index (χ3v) is 4.64. The van der Waals surface area contributed by atoms with E-state index in [1.165, 1.54) is 51.4 Å². The SMILES string of the molecule is COC1CCCC(NC2CCCC(C)(C)C2)C1. The Balaban J connectivity index is 1.80. The fourth-order valence-electron chi connectivity index (χ4n) is 3.68. The first kappa shape index (κ1) is 13.4. The summed E-state index contributed by atoms with van der Waals surface area (Å²) in [7, 11) is 1.86. The number of hydrogen-bond acceptors (Lipinski definition) is 2. The van der Waals surface area contributed by atoms with E-state index in [0.717, 1.165) is 6.04 Å². The maximum Gasteiger partial charge on any atom is 0.0586 e. The van der Waals surface area contributed by atoms with Gasteiger partial charge >= 0.3 is 0 Å². The minimum Gasteiger partial charge on any atom is -0.381 e. The summed E-state index contributed by atoms with van der Waals surface area (Å²) in [6.07, 6.45) is 11.2. The minimum atomic E-state index is 0.498. The first-order valence-electron chi connectivity index (χ1n) is 7.38. The molecule has 100 valence electrons. The van der Waals surface area contributed by atoms with Gasteiger partial charge < -0.3 is 10.1 Å². The number of ether oxygens (including phenoxy) is 1. The Kier molecular flexibility index (Phi) is 4.48. The number of rotatable bonds is 3. The fraction of sp³-hybridized carbons (Fsp3) is 1.00. The topological polar surface area (TPSA) is 21.3 Å². The molecular formula is C15H29NO. The van der Waals surface area contributed by atoms with E-state index in [0.29, 0.717) is 17.6 Å². The van der Waals surface area contributed by atoms with Crippen molar-refractivity contribution in [1.82, 2.24) is 5.32 Å². The number of hydrogen-bond donors (Lipinski definition) is 1. The van der Waals surface area contributed by atoms with E-state index in [2.05, 4.69) is 19.2 Å². The lowest BCUT2D eigenvalue weighted by Gasteiger charge is -2.39. The summed E-state index contributed by atoms with van der Waals surface area (Å²) in [6.45, 7) is 4.83. The third-order valence-electron chi connectivity index (χ3n) is 4.64. The lowest BCUT2D eigenvalue weighted by atomic mass is 9.75. The molecular weight excluding hydrogens is 210 g/mol. The highest BCUT2D eigenvalue weighted by atomic mass is 16.5. The summed E-state index contributed by atoms with van der Waals surface area (Å²) in [4.78, 5) is 0. The van der Waals surface area contributed by atoms with Crippen molar-refractivity contribution in [1.29, 1.82) is 0 Å². The molecule has 0 amide bonds. The quantitative estimate of drug-likeness (QED) is 0.814. The molecule has 0 aromatic rings. The monoisotopic (exact) mass is 239 g/mol. The van der Waals surface area contributed by atoms with Crippen molar-refractivity contribution in [3.8, 4) is 0 Å². The molecule has 0 heterocycles. The van der Waals surface area contributed by atoms with E-state index in [1.54, 1.807) is 0 Å². The van der Waals surface area contributed by atoms with Gasteiger partial charge in [0.15, 0.2) is 0 Å². The highest BCUT2D eigenvalue weighted by molar-refractivity contribution is 4.87. The highest BCUT2D eigenvalue weighted by Crippen LogP contribution is 2.35. The summed E-state index contributed by atoms with van der Waals surface area (Å²) in [5.74, 6) is 0. The molecule has 2 nitrogen and oxygen atoms in total. The lowest BCUT2D eigenvalue weighted by Crippen LogP contribution is -2.45. The summed E-state index contributed by atoms with van der Waals surface area (Å²) in [6, 6.07) is 1.45. The molecule has 17 heavy (non-hydrogen) atoms. The van der Waals surface area contributed by atoms with E-state index in [9.17, 15) is 0 Å². The Morgan fingerprint density at radius 2 is 1.82 bits per heavy atom. The predicted molar refractivity (Wildman–Crippen MR) is 72.2 cm³/mol. The van der Waals surface area contributed by atoms with E-state index in [1.807, 2.05) is 7.11 Å². The van der Waals surface area contributed by atoms with Gasteiger partial charge in [-0.2, -0.15) is 0 Å². The van der Waals surface area contributed by atoms with Gasteiger partial charge in [-0.1, -0.05) is 20.3 Å². The molecule has 0 radical (unpaired) electrons. The van der Waals surface area contributed by atoms with Crippen molar-refractivity contribution >= 4 is 0 Å². The van der Waals surface area contributed by atoms with Crippen molar-refractivity contribution < 1.29 is 4.74 Å². The van der Waals surface area contributed by atoms with Crippen LogP contribution < -0.4 is 5.32 Å². The van der Waals surface area contributed by atoms with Crippen LogP contribution in [-0.4, -0.2) is 25.3 Å². The molecule has 0 aromatic carbocycles. The zero-order valence-corrected chi connectivity index (χ0v) is 11.8. The second-order valence-electron chi connectivity index (χ2n) is 6.85. The van der Waals surface area contributed by atoms with Crippen molar-refractivity contribution in [3.63, 3.8) is 0 Å². The molecule has 0 saturated heterocycles. The average Bonchev–Trinajstić information content (AvgIpc) is 2.28. The minimum absolute atomic E-state index is 0.498. The van der Waals surface area contributed by atoms with Crippen LogP contribution in [0.3, 0.4) is 0 Å². The van der Waals surface area contributed by atoms with Gasteiger partial charge in [0.25, 0.3) is 0 Å². The van der Waals surface area contributed by atoms with E-state index in [4.69, 9.17) is 4.74 Å². The second-order valence-corrected chi connectivity index (χ2v) is 6.85. The normalized spacial score (nSPS) is 37.9. The Hall–Kier alpha value is -0.0800. The molecule has 3 atom stereocenters. The Morgan fingerprint density at radius 1 is 1.06 bits per heavy atom. The molecule has 0 aliphatic heterocycles. The molecule has 2 aliphatic rings. The summed E-state index contributed by atoms with van der Waals surface area (Å²) < 4.78 is 5.51. The molecule has 0 spiro atoms. The zero-order chi connectivity index (χ0) is 12.3. The molecule has 2 saturated carbocycles. The van der Waals surface area contributed by atoms with Gasteiger partial charge in [-0.3, -0.25) is 0 Å². The Morgan fingerprint density at radius 3 is 2.53 bits per heavy atom. The van der Waals surface area contributed by atoms with Crippen LogP contribution in [0.5, 0.6) is 0 Å². The standard InChI is InChI=1S/C15H29NO/c1-15(2)9-5-7-13(11-15)16-12-6-4-8-14(10-12)17-3/h12-14,16H,4-11H2,1-3H3. The summed E-state index contributed by atoms with van der Waals surface area (Å²) in [5, 5.41) is 3.90. The van der Waals surface area contributed by atoms with Crippen LogP contribution in [0.15, 0.2) is 0 Å². The molecule has 2 aliphatic carbocycles. The largest absolute Gasteiger partial charge is 0.381 e. The molecule has 1 N–H and O–H groups in total. The van der Waals surface area contributed by atoms with Crippen LogP contribution in [0.1, 0.15) is 65.2 Å². The van der Waals surface area contributed by atoms with Crippen LogP contribution in [0.2, 0.25) is 0 Å². The van der Waals surface area contributed by atoms with Crippen molar-refractivity contribution in [2.24, 2.45) is 5.41 Å². The van der Waals surface area contributed by atoms with Crippen molar-refractivity contribution in [3.05, 3.63) is 0 Å². The van der Waals surface area contributed by atoms with Crippen LogP contribution in [0.25, 0.3) is 0 Å². The Bertz CT molecular complexity index is 239.